The largest absolute Gasteiger partial charge is 0.472 e. The molecule has 0 spiro atoms. The second kappa shape index (κ2) is 8.14. The average molecular weight is 413 g/mol. The summed E-state index contributed by atoms with van der Waals surface area (Å²) in [5, 5.41) is 3.19. The van der Waals surface area contributed by atoms with Crippen molar-refractivity contribution in [1.82, 2.24) is 4.98 Å². The lowest BCUT2D eigenvalue weighted by Gasteiger charge is -2.20. The molecule has 1 atom stereocenters. The summed E-state index contributed by atoms with van der Waals surface area (Å²) >= 11 is 0. The zero-order valence-corrected chi connectivity index (χ0v) is 15.8. The highest BCUT2D eigenvalue weighted by molar-refractivity contribution is 5.76. The Hall–Kier alpha value is -3.42. The van der Waals surface area contributed by atoms with E-state index in [4.69, 9.17) is 4.74 Å². The first kappa shape index (κ1) is 19.9. The Morgan fingerprint density at radius 3 is 2.50 bits per heavy atom. The van der Waals surface area contributed by atoms with E-state index in [9.17, 15) is 18.1 Å². The molecule has 5 nitrogen and oxygen atoms in total. The molecule has 1 saturated heterocycles. The molecule has 1 unspecified atom stereocenters. The predicted molar refractivity (Wildman–Crippen MR) is 108 cm³/mol. The van der Waals surface area contributed by atoms with E-state index >= 15 is 0 Å². The topological polar surface area (TPSA) is 54.8 Å². The van der Waals surface area contributed by atoms with Crippen LogP contribution in [-0.2, 0) is 6.18 Å². The van der Waals surface area contributed by atoms with Gasteiger partial charge in [-0.3, -0.25) is 0 Å². The zero-order valence-electron chi connectivity index (χ0n) is 15.8. The molecule has 0 aliphatic carbocycles. The van der Waals surface area contributed by atoms with Gasteiger partial charge in [-0.2, -0.15) is 13.2 Å². The Bertz CT molecular complexity index is 1020. The summed E-state index contributed by atoms with van der Waals surface area (Å²) in [4.78, 5) is 17.2. The van der Waals surface area contributed by atoms with Crippen LogP contribution in [0.15, 0.2) is 72.0 Å². The Balaban J connectivity index is 1.46. The molecule has 0 bridgehead atoms. The molecule has 1 aromatic heterocycles. The maximum absolute atomic E-state index is 12.6. The second-order valence-corrected chi connectivity index (χ2v) is 7.02. The number of benzene rings is 2. The van der Waals surface area contributed by atoms with Gasteiger partial charge in [0, 0.05) is 25.2 Å². The fourth-order valence-corrected chi connectivity index (χ4v) is 3.51. The minimum absolute atomic E-state index is 0.142. The molecule has 2 aromatic carbocycles. The summed E-state index contributed by atoms with van der Waals surface area (Å²) in [5.41, 5.74) is 2.11. The Morgan fingerprint density at radius 1 is 1.03 bits per heavy atom. The van der Waals surface area contributed by atoms with Crippen molar-refractivity contribution in [2.45, 2.75) is 18.7 Å². The van der Waals surface area contributed by atoms with Crippen molar-refractivity contribution in [3.05, 3.63) is 77.3 Å². The summed E-state index contributed by atoms with van der Waals surface area (Å²) in [5.74, 6) is 0.142. The van der Waals surface area contributed by atoms with Crippen LogP contribution in [0.1, 0.15) is 12.0 Å². The van der Waals surface area contributed by atoms with E-state index in [0.717, 1.165) is 23.4 Å². The lowest BCUT2D eigenvalue weighted by molar-refractivity contribution is -0.137. The van der Waals surface area contributed by atoms with Crippen LogP contribution >= 0.6 is 0 Å². The molecular weight excluding hydrogens is 395 g/mol. The number of hydrogen-bond acceptors (Lipinski definition) is 5. The number of aromatic nitrogens is 1. The maximum Gasteiger partial charge on any atom is 0.417 e. The van der Waals surface area contributed by atoms with Gasteiger partial charge in [-0.1, -0.05) is 36.4 Å². The van der Waals surface area contributed by atoms with Crippen molar-refractivity contribution in [1.29, 1.82) is 0 Å². The Labute approximate surface area is 171 Å². The van der Waals surface area contributed by atoms with Crippen molar-refractivity contribution in [3.8, 4) is 17.0 Å². The standard InChI is InChI=1S/C22H18F3N3O2/c23-22(24,25)17-7-9-21(26-13-17)30-18-10-11-28(14-18)20-8-6-16(12-19(20)27-29)15-4-2-1-3-5-15/h1-9,12-13,18H,10-11,14H2. The molecule has 3 aromatic rings. The van der Waals surface area contributed by atoms with Crippen molar-refractivity contribution >= 4 is 11.4 Å². The van der Waals surface area contributed by atoms with E-state index in [-0.39, 0.29) is 12.0 Å². The third-order valence-electron chi connectivity index (χ3n) is 5.02. The number of anilines is 1. The molecule has 1 aliphatic heterocycles. The lowest BCUT2D eigenvalue weighted by atomic mass is 10.0. The first-order valence-corrected chi connectivity index (χ1v) is 9.42. The van der Waals surface area contributed by atoms with Gasteiger partial charge < -0.3 is 9.64 Å². The number of pyridine rings is 1. The van der Waals surface area contributed by atoms with Crippen LogP contribution in [0.5, 0.6) is 5.88 Å². The van der Waals surface area contributed by atoms with Crippen molar-refractivity contribution < 1.29 is 17.9 Å². The fourth-order valence-electron chi connectivity index (χ4n) is 3.51. The average Bonchev–Trinajstić information content (AvgIpc) is 3.22. The van der Waals surface area contributed by atoms with Crippen LogP contribution in [0.2, 0.25) is 0 Å². The third-order valence-corrected chi connectivity index (χ3v) is 5.02. The Kier molecular flexibility index (Phi) is 5.39. The minimum Gasteiger partial charge on any atom is -0.472 e. The lowest BCUT2D eigenvalue weighted by Crippen LogP contribution is -2.24. The predicted octanol–water partition coefficient (Wildman–Crippen LogP) is 5.82. The molecule has 30 heavy (non-hydrogen) atoms. The molecule has 0 radical (unpaired) electrons. The normalized spacial score (nSPS) is 16.5. The van der Waals surface area contributed by atoms with Crippen LogP contribution in [0.25, 0.3) is 11.1 Å². The van der Waals surface area contributed by atoms with E-state index < -0.39 is 11.7 Å². The van der Waals surface area contributed by atoms with Gasteiger partial charge in [-0.25, -0.2) is 4.98 Å². The molecule has 4 rings (SSSR count). The summed E-state index contributed by atoms with van der Waals surface area (Å²) in [6.45, 7) is 1.12. The molecular formula is C22H18F3N3O2. The van der Waals surface area contributed by atoms with Gasteiger partial charge in [0.25, 0.3) is 0 Å². The van der Waals surface area contributed by atoms with Gasteiger partial charge in [0.05, 0.1) is 17.8 Å². The van der Waals surface area contributed by atoms with Gasteiger partial charge in [0.15, 0.2) is 0 Å². The highest BCUT2D eigenvalue weighted by Gasteiger charge is 2.31. The number of hydrogen-bond donors (Lipinski definition) is 0. The van der Waals surface area contributed by atoms with E-state index in [1.54, 1.807) is 6.07 Å². The molecule has 0 amide bonds. The highest BCUT2D eigenvalue weighted by atomic mass is 19.4. The summed E-state index contributed by atoms with van der Waals surface area (Å²) in [6.07, 6.45) is -3.26. The number of alkyl halides is 3. The van der Waals surface area contributed by atoms with Crippen LogP contribution in [0.4, 0.5) is 24.5 Å². The second-order valence-electron chi connectivity index (χ2n) is 7.02. The van der Waals surface area contributed by atoms with Crippen LogP contribution in [-0.4, -0.2) is 24.2 Å². The van der Waals surface area contributed by atoms with Gasteiger partial charge >= 0.3 is 6.18 Å². The van der Waals surface area contributed by atoms with E-state index in [1.807, 2.05) is 47.4 Å². The first-order valence-electron chi connectivity index (χ1n) is 9.42. The number of halogens is 3. The number of nitrogens with zero attached hydrogens (tertiary/aromatic N) is 3. The van der Waals surface area contributed by atoms with Crippen molar-refractivity contribution in [3.63, 3.8) is 0 Å². The van der Waals surface area contributed by atoms with Crippen molar-refractivity contribution in [2.75, 3.05) is 18.0 Å². The Morgan fingerprint density at radius 2 is 1.83 bits per heavy atom. The van der Waals surface area contributed by atoms with Crippen LogP contribution < -0.4 is 9.64 Å². The van der Waals surface area contributed by atoms with Gasteiger partial charge in [-0.15, -0.1) is 4.91 Å². The molecule has 154 valence electrons. The molecule has 1 aliphatic rings. The smallest absolute Gasteiger partial charge is 0.417 e. The van der Waals surface area contributed by atoms with Crippen molar-refractivity contribution in [2.24, 2.45) is 5.18 Å². The molecule has 0 saturated carbocycles. The quantitative estimate of drug-likeness (QED) is 0.495. The summed E-state index contributed by atoms with van der Waals surface area (Å²) < 4.78 is 43.7. The van der Waals surface area contributed by atoms with Gasteiger partial charge in [-0.05, 0) is 34.5 Å². The van der Waals surface area contributed by atoms with E-state index in [1.165, 1.54) is 6.07 Å². The molecule has 1 fully saturated rings. The zero-order chi connectivity index (χ0) is 21.1. The van der Waals surface area contributed by atoms with Gasteiger partial charge in [0.1, 0.15) is 11.8 Å². The third kappa shape index (κ3) is 4.27. The van der Waals surface area contributed by atoms with E-state index in [2.05, 4.69) is 10.2 Å². The van der Waals surface area contributed by atoms with Crippen LogP contribution in [0.3, 0.4) is 0 Å². The minimum atomic E-state index is -4.43. The van der Waals surface area contributed by atoms with Crippen LogP contribution in [0, 0.1) is 4.91 Å². The number of nitroso groups, excluding NO2 is 1. The fraction of sp³-hybridized carbons (Fsp3) is 0.227. The first-order chi connectivity index (χ1) is 14.4. The number of rotatable bonds is 5. The SMILES string of the molecule is O=Nc1cc(-c2ccccc2)ccc1N1CCC(Oc2ccc(C(F)(F)F)cn2)C1. The number of ether oxygens (including phenoxy) is 1. The van der Waals surface area contributed by atoms with Gasteiger partial charge in [0.2, 0.25) is 5.88 Å². The molecule has 8 heteroatoms. The molecule has 0 N–H and O–H groups in total. The summed E-state index contributed by atoms with van der Waals surface area (Å²) in [7, 11) is 0. The highest BCUT2D eigenvalue weighted by Crippen LogP contribution is 2.36. The summed E-state index contributed by atoms with van der Waals surface area (Å²) in [6, 6.07) is 17.4. The van der Waals surface area contributed by atoms with E-state index in [0.29, 0.717) is 30.9 Å². The molecule has 2 heterocycles. The maximum atomic E-state index is 12.6. The monoisotopic (exact) mass is 413 g/mol.